The number of anilines is 1. The Hall–Kier alpha value is -3.23. The van der Waals surface area contributed by atoms with Gasteiger partial charge in [-0.1, -0.05) is 42.0 Å². The van der Waals surface area contributed by atoms with Gasteiger partial charge in [-0.2, -0.15) is 0 Å². The average Bonchev–Trinajstić information content (AvgIpc) is 3.43. The predicted molar refractivity (Wildman–Crippen MR) is 152 cm³/mol. The first-order valence-electron chi connectivity index (χ1n) is 13.5. The van der Waals surface area contributed by atoms with Gasteiger partial charge in [0.1, 0.15) is 5.69 Å². The van der Waals surface area contributed by atoms with Crippen molar-refractivity contribution in [3.63, 3.8) is 0 Å². The Morgan fingerprint density at radius 1 is 1.05 bits per heavy atom. The molecular weight excluding hydrogens is 494 g/mol. The number of likely N-dealkylation sites (tertiary alicyclic amines) is 1. The van der Waals surface area contributed by atoms with E-state index in [1.54, 1.807) is 11.3 Å². The number of likely N-dealkylation sites (N-methyl/N-ethyl adjacent to an activating group) is 1. The van der Waals surface area contributed by atoms with Gasteiger partial charge in [-0.15, -0.1) is 11.3 Å². The fraction of sp³-hybridized carbons (Fsp3) is 0.433. The van der Waals surface area contributed by atoms with Crippen LogP contribution in [0.5, 0.6) is 0 Å². The first-order valence-corrected chi connectivity index (χ1v) is 14.4. The third-order valence-corrected chi connectivity index (χ3v) is 9.27. The molecule has 1 aromatic heterocycles. The zero-order valence-corrected chi connectivity index (χ0v) is 23.1. The van der Waals surface area contributed by atoms with Gasteiger partial charge in [0, 0.05) is 45.0 Å². The van der Waals surface area contributed by atoms with Crippen LogP contribution in [0, 0.1) is 25.7 Å². The number of hydrogen-bond acceptors (Lipinski definition) is 6. The van der Waals surface area contributed by atoms with Crippen LogP contribution in [-0.4, -0.2) is 79.0 Å². The zero-order chi connectivity index (χ0) is 26.4. The SMILES string of the molecule is Cc1cccc(-c2sc(C)nc2C(=O)N2C[C@@H]3C[C@@H]3[C@H]2CNC(=O)c2ccccc2N2CCN(C)CC2)c1. The number of rotatable bonds is 6. The van der Waals surface area contributed by atoms with Gasteiger partial charge in [-0.05, 0) is 56.8 Å². The van der Waals surface area contributed by atoms with E-state index in [0.29, 0.717) is 29.6 Å². The van der Waals surface area contributed by atoms with E-state index < -0.39 is 0 Å². The van der Waals surface area contributed by atoms with E-state index in [0.717, 1.165) is 65.8 Å². The molecule has 0 radical (unpaired) electrons. The second kappa shape index (κ2) is 10.2. The minimum atomic E-state index is -0.0685. The molecule has 7 nitrogen and oxygen atoms in total. The van der Waals surface area contributed by atoms with Crippen molar-refractivity contribution in [3.8, 4) is 10.4 Å². The van der Waals surface area contributed by atoms with Crippen LogP contribution in [0.15, 0.2) is 48.5 Å². The van der Waals surface area contributed by atoms with Gasteiger partial charge < -0.3 is 20.0 Å². The molecule has 1 N–H and O–H groups in total. The number of thiazole rings is 1. The molecule has 1 saturated carbocycles. The summed E-state index contributed by atoms with van der Waals surface area (Å²) in [4.78, 5) is 39.5. The standard InChI is InChI=1S/C30H35N5O2S/c1-19-7-6-8-21(15-19)28-27(32-20(2)38-28)30(37)35-18-22-16-24(22)26(35)17-31-29(36)23-9-4-5-10-25(23)34-13-11-33(3)12-14-34/h4-10,15,22,24,26H,11-14,16-18H2,1-3H3,(H,31,36)/t22-,24-,26+/m0/s1. The highest BCUT2D eigenvalue weighted by Crippen LogP contribution is 2.50. The van der Waals surface area contributed by atoms with Crippen LogP contribution in [0.4, 0.5) is 5.69 Å². The Balaban J connectivity index is 1.18. The van der Waals surface area contributed by atoms with E-state index in [1.807, 2.05) is 48.2 Å². The van der Waals surface area contributed by atoms with Gasteiger partial charge in [0.2, 0.25) is 0 Å². The van der Waals surface area contributed by atoms with Crippen LogP contribution < -0.4 is 10.2 Å². The summed E-state index contributed by atoms with van der Waals surface area (Å²) in [5.41, 5.74) is 4.43. The molecule has 3 aromatic rings. The maximum Gasteiger partial charge on any atom is 0.274 e. The molecule has 0 spiro atoms. The Morgan fingerprint density at radius 3 is 2.63 bits per heavy atom. The summed E-state index contributed by atoms with van der Waals surface area (Å²) in [6.45, 7) is 9.01. The minimum Gasteiger partial charge on any atom is -0.368 e. The lowest BCUT2D eigenvalue weighted by molar-refractivity contribution is 0.0690. The van der Waals surface area contributed by atoms with Crippen LogP contribution in [0.1, 0.15) is 37.8 Å². The average molecular weight is 530 g/mol. The Bertz CT molecular complexity index is 1360. The number of carbonyl (C=O) groups excluding carboxylic acids is 2. The van der Waals surface area contributed by atoms with E-state index in [-0.39, 0.29) is 17.9 Å². The molecule has 2 saturated heterocycles. The van der Waals surface area contributed by atoms with E-state index in [1.165, 1.54) is 0 Å². The number of aryl methyl sites for hydroxylation is 2. The van der Waals surface area contributed by atoms with Crippen molar-refractivity contribution < 1.29 is 9.59 Å². The van der Waals surface area contributed by atoms with Crippen LogP contribution in [0.3, 0.4) is 0 Å². The highest BCUT2D eigenvalue weighted by molar-refractivity contribution is 7.15. The zero-order valence-electron chi connectivity index (χ0n) is 22.3. The fourth-order valence-corrected chi connectivity index (χ4v) is 6.94. The molecule has 3 aliphatic rings. The van der Waals surface area contributed by atoms with Crippen molar-refractivity contribution in [3.05, 3.63) is 70.4 Å². The molecule has 38 heavy (non-hydrogen) atoms. The van der Waals surface area contributed by atoms with Gasteiger partial charge >= 0.3 is 0 Å². The minimum absolute atomic E-state index is 0.000357. The van der Waals surface area contributed by atoms with Crippen molar-refractivity contribution in [2.24, 2.45) is 11.8 Å². The Labute approximate surface area is 228 Å². The number of hydrogen-bond donors (Lipinski definition) is 1. The lowest BCUT2D eigenvalue weighted by Crippen LogP contribution is -2.47. The first kappa shape index (κ1) is 25.1. The van der Waals surface area contributed by atoms with Crippen molar-refractivity contribution >= 4 is 28.8 Å². The van der Waals surface area contributed by atoms with Crippen LogP contribution in [-0.2, 0) is 0 Å². The largest absolute Gasteiger partial charge is 0.368 e. The lowest BCUT2D eigenvalue weighted by Gasteiger charge is -2.35. The van der Waals surface area contributed by atoms with Crippen LogP contribution >= 0.6 is 11.3 Å². The molecule has 0 unspecified atom stereocenters. The van der Waals surface area contributed by atoms with E-state index >= 15 is 0 Å². The molecule has 3 heterocycles. The third-order valence-electron chi connectivity index (χ3n) is 8.25. The molecule has 3 fully saturated rings. The summed E-state index contributed by atoms with van der Waals surface area (Å²) in [7, 11) is 2.13. The maximum absolute atomic E-state index is 13.9. The number of nitrogens with zero attached hydrogens (tertiary/aromatic N) is 4. The van der Waals surface area contributed by atoms with Gasteiger partial charge in [-0.3, -0.25) is 9.59 Å². The van der Waals surface area contributed by atoms with Crippen molar-refractivity contribution in [2.45, 2.75) is 26.3 Å². The van der Waals surface area contributed by atoms with Gasteiger partial charge in [0.05, 0.1) is 21.5 Å². The molecule has 8 heteroatoms. The molecule has 2 aliphatic heterocycles. The number of aromatic nitrogens is 1. The highest BCUT2D eigenvalue weighted by atomic mass is 32.1. The maximum atomic E-state index is 13.9. The number of para-hydroxylation sites is 1. The third kappa shape index (κ3) is 4.83. The number of piperazine rings is 1. The number of fused-ring (bicyclic) bond motifs is 1. The van der Waals surface area contributed by atoms with Gasteiger partial charge in [0.25, 0.3) is 11.8 Å². The molecule has 6 rings (SSSR count). The predicted octanol–water partition coefficient (Wildman–Crippen LogP) is 4.07. The van der Waals surface area contributed by atoms with Gasteiger partial charge in [-0.25, -0.2) is 4.98 Å². The molecule has 3 atom stereocenters. The number of amides is 2. The van der Waals surface area contributed by atoms with Crippen molar-refractivity contribution in [1.82, 2.24) is 20.1 Å². The molecule has 1 aliphatic carbocycles. The first-order chi connectivity index (χ1) is 18.4. The Kier molecular flexibility index (Phi) is 6.70. The summed E-state index contributed by atoms with van der Waals surface area (Å²) in [6.07, 6.45) is 1.13. The molecule has 0 bridgehead atoms. The topological polar surface area (TPSA) is 68.8 Å². The summed E-state index contributed by atoms with van der Waals surface area (Å²) >= 11 is 1.57. The summed E-state index contributed by atoms with van der Waals surface area (Å²) < 4.78 is 0. The number of carbonyl (C=O) groups is 2. The Morgan fingerprint density at radius 2 is 1.84 bits per heavy atom. The molecule has 2 amide bonds. The normalized spacial score (nSPS) is 22.9. The van der Waals surface area contributed by atoms with E-state index in [2.05, 4.69) is 46.2 Å². The van der Waals surface area contributed by atoms with Crippen molar-refractivity contribution in [1.29, 1.82) is 0 Å². The molecule has 2 aromatic carbocycles. The highest BCUT2D eigenvalue weighted by Gasteiger charge is 2.54. The van der Waals surface area contributed by atoms with Crippen LogP contribution in [0.25, 0.3) is 10.4 Å². The second-order valence-electron chi connectivity index (χ2n) is 11.0. The smallest absolute Gasteiger partial charge is 0.274 e. The number of piperidine rings is 1. The number of benzene rings is 2. The second-order valence-corrected chi connectivity index (χ2v) is 12.2. The van der Waals surface area contributed by atoms with Crippen LogP contribution in [0.2, 0.25) is 0 Å². The number of nitrogens with one attached hydrogen (secondary N) is 1. The summed E-state index contributed by atoms with van der Waals surface area (Å²) in [6, 6.07) is 16.1. The molecule has 198 valence electrons. The summed E-state index contributed by atoms with van der Waals surface area (Å²) in [5.74, 6) is 0.894. The quantitative estimate of drug-likeness (QED) is 0.522. The van der Waals surface area contributed by atoms with E-state index in [9.17, 15) is 9.59 Å². The molecular formula is C30H35N5O2S. The van der Waals surface area contributed by atoms with E-state index in [4.69, 9.17) is 0 Å². The van der Waals surface area contributed by atoms with Gasteiger partial charge in [0.15, 0.2) is 0 Å². The monoisotopic (exact) mass is 529 g/mol. The fourth-order valence-electron chi connectivity index (χ4n) is 6.04. The van der Waals surface area contributed by atoms with Crippen molar-refractivity contribution in [2.75, 3.05) is 51.2 Å². The summed E-state index contributed by atoms with van der Waals surface area (Å²) in [5, 5.41) is 4.08. The lowest BCUT2D eigenvalue weighted by atomic mass is 10.1.